The minimum Gasteiger partial charge on any atom is -0.372 e. The van der Waals surface area contributed by atoms with Crippen molar-refractivity contribution in [1.82, 2.24) is 0 Å². The van der Waals surface area contributed by atoms with E-state index in [2.05, 4.69) is 5.32 Å². The van der Waals surface area contributed by atoms with Gasteiger partial charge in [-0.3, -0.25) is 4.79 Å². The van der Waals surface area contributed by atoms with Crippen LogP contribution in [0.3, 0.4) is 0 Å². The van der Waals surface area contributed by atoms with Crippen LogP contribution in [0.4, 0.5) is 15.8 Å². The van der Waals surface area contributed by atoms with E-state index >= 15 is 0 Å². The number of nitrogens with one attached hydrogen (secondary N) is 1. The van der Waals surface area contributed by atoms with E-state index in [-0.39, 0.29) is 17.1 Å². The molecule has 17 heavy (non-hydrogen) atoms. The van der Waals surface area contributed by atoms with E-state index in [1.54, 1.807) is 6.07 Å². The van der Waals surface area contributed by atoms with Gasteiger partial charge in [0.15, 0.2) is 0 Å². The lowest BCUT2D eigenvalue weighted by Crippen LogP contribution is -2.47. The van der Waals surface area contributed by atoms with Gasteiger partial charge in [-0.2, -0.15) is 0 Å². The highest BCUT2D eigenvalue weighted by atomic mass is 19.1. The Kier molecular flexibility index (Phi) is 2.15. The highest BCUT2D eigenvalue weighted by molar-refractivity contribution is 6.00. The molecule has 1 amide bonds. The maximum absolute atomic E-state index is 13.2. The molecule has 1 aliphatic heterocycles. The number of carbonyl (C=O) groups excluding carboxylic acids is 1. The topological polar surface area (TPSA) is 32.3 Å². The number of nitrogens with zero attached hydrogens (tertiary/aromatic N) is 1. The van der Waals surface area contributed by atoms with E-state index < -0.39 is 0 Å². The molecule has 90 valence electrons. The van der Waals surface area contributed by atoms with Crippen LogP contribution in [0.5, 0.6) is 0 Å². The van der Waals surface area contributed by atoms with E-state index in [0.29, 0.717) is 5.69 Å². The van der Waals surface area contributed by atoms with Crippen LogP contribution in [0.15, 0.2) is 18.2 Å². The Labute approximate surface area is 99.6 Å². The van der Waals surface area contributed by atoms with Crippen molar-refractivity contribution in [2.45, 2.75) is 19.3 Å². The quantitative estimate of drug-likeness (QED) is 0.747. The van der Waals surface area contributed by atoms with Gasteiger partial charge in [-0.15, -0.1) is 0 Å². The summed E-state index contributed by atoms with van der Waals surface area (Å²) in [6, 6.07) is 4.55. The molecular formula is C13H15FN2O. The second-order valence-electron chi connectivity index (χ2n) is 5.11. The van der Waals surface area contributed by atoms with Crippen LogP contribution >= 0.6 is 0 Å². The summed E-state index contributed by atoms with van der Waals surface area (Å²) in [4.78, 5) is 14.2. The van der Waals surface area contributed by atoms with Crippen LogP contribution in [0.25, 0.3) is 0 Å². The minimum atomic E-state index is -0.318. The third-order valence-corrected chi connectivity index (χ3v) is 3.95. The Morgan fingerprint density at radius 3 is 2.82 bits per heavy atom. The summed E-state index contributed by atoms with van der Waals surface area (Å²) in [6.07, 6.45) is 2.96. The molecule has 1 saturated carbocycles. The number of rotatable bonds is 0. The molecule has 4 heteroatoms. The maximum atomic E-state index is 13.2. The minimum absolute atomic E-state index is 0.0416. The van der Waals surface area contributed by atoms with E-state index in [1.807, 2.05) is 11.9 Å². The number of hydrogen-bond acceptors (Lipinski definition) is 2. The Hall–Kier alpha value is -1.58. The van der Waals surface area contributed by atoms with E-state index in [1.165, 1.54) is 12.1 Å². The number of anilines is 2. The van der Waals surface area contributed by atoms with Crippen LogP contribution in [-0.2, 0) is 4.79 Å². The standard InChI is InChI=1S/C13H15FN2O/c1-16-8-13(5-2-6-13)12(17)15-10-7-9(14)3-4-11(10)16/h3-4,7H,2,5-6,8H2,1H3,(H,15,17). The SMILES string of the molecule is CN1CC2(CCC2)C(=O)Nc2cc(F)ccc21. The fourth-order valence-electron chi connectivity index (χ4n) is 2.80. The first kappa shape index (κ1) is 10.6. The molecule has 3 rings (SSSR count). The van der Waals surface area contributed by atoms with Gasteiger partial charge in [0.2, 0.25) is 5.91 Å². The Morgan fingerprint density at radius 2 is 2.18 bits per heavy atom. The molecule has 0 aromatic heterocycles. The summed E-state index contributed by atoms with van der Waals surface area (Å²) in [6.45, 7) is 0.720. The van der Waals surface area contributed by atoms with Gasteiger partial charge in [0.25, 0.3) is 0 Å². The fourth-order valence-corrected chi connectivity index (χ4v) is 2.80. The van der Waals surface area contributed by atoms with Gasteiger partial charge >= 0.3 is 0 Å². The molecular weight excluding hydrogens is 219 g/mol. The first-order valence-corrected chi connectivity index (χ1v) is 5.93. The summed E-state index contributed by atoms with van der Waals surface area (Å²) in [5.74, 6) is -0.276. The number of halogens is 1. The van der Waals surface area contributed by atoms with Crippen molar-refractivity contribution >= 4 is 17.3 Å². The van der Waals surface area contributed by atoms with Crippen LogP contribution in [0, 0.1) is 11.2 Å². The molecule has 0 bridgehead atoms. The zero-order chi connectivity index (χ0) is 12.0. The third-order valence-electron chi connectivity index (χ3n) is 3.95. The van der Waals surface area contributed by atoms with E-state index in [0.717, 1.165) is 31.5 Å². The van der Waals surface area contributed by atoms with Crippen molar-refractivity contribution < 1.29 is 9.18 Å². The molecule has 0 radical (unpaired) electrons. The van der Waals surface area contributed by atoms with Crippen molar-refractivity contribution in [3.63, 3.8) is 0 Å². The van der Waals surface area contributed by atoms with E-state index in [4.69, 9.17) is 0 Å². The molecule has 0 saturated heterocycles. The lowest BCUT2D eigenvalue weighted by atomic mass is 9.68. The number of hydrogen-bond donors (Lipinski definition) is 1. The molecule has 1 N–H and O–H groups in total. The van der Waals surface area contributed by atoms with Gasteiger partial charge in [-0.05, 0) is 31.0 Å². The van der Waals surface area contributed by atoms with Gasteiger partial charge in [-0.25, -0.2) is 4.39 Å². The number of amides is 1. The summed E-state index contributed by atoms with van der Waals surface area (Å²) in [5.41, 5.74) is 1.22. The van der Waals surface area contributed by atoms with Gasteiger partial charge in [0.05, 0.1) is 16.8 Å². The molecule has 1 heterocycles. The highest BCUT2D eigenvalue weighted by Crippen LogP contribution is 2.45. The van der Waals surface area contributed by atoms with Crippen molar-refractivity contribution in [3.05, 3.63) is 24.0 Å². The van der Waals surface area contributed by atoms with Gasteiger partial charge in [-0.1, -0.05) is 6.42 Å². The fraction of sp³-hybridized carbons (Fsp3) is 0.462. The highest BCUT2D eigenvalue weighted by Gasteiger charge is 2.46. The number of carbonyl (C=O) groups is 1. The first-order chi connectivity index (χ1) is 8.11. The molecule has 1 aromatic carbocycles. The van der Waals surface area contributed by atoms with Gasteiger partial charge in [0, 0.05) is 13.6 Å². The van der Waals surface area contributed by atoms with Gasteiger partial charge < -0.3 is 10.2 Å². The van der Waals surface area contributed by atoms with Crippen molar-refractivity contribution in [3.8, 4) is 0 Å². The maximum Gasteiger partial charge on any atom is 0.232 e. The Balaban J connectivity index is 2.03. The molecule has 2 aliphatic rings. The average Bonchev–Trinajstić information content (AvgIpc) is 2.32. The van der Waals surface area contributed by atoms with Gasteiger partial charge in [0.1, 0.15) is 5.82 Å². The van der Waals surface area contributed by atoms with E-state index in [9.17, 15) is 9.18 Å². The molecule has 1 aromatic rings. The predicted molar refractivity (Wildman–Crippen MR) is 64.6 cm³/mol. The van der Waals surface area contributed by atoms with Crippen molar-refractivity contribution in [2.24, 2.45) is 5.41 Å². The molecule has 1 fully saturated rings. The summed E-state index contributed by atoms with van der Waals surface area (Å²) in [7, 11) is 1.96. The lowest BCUT2D eigenvalue weighted by molar-refractivity contribution is -0.129. The van der Waals surface area contributed by atoms with Crippen LogP contribution in [0.2, 0.25) is 0 Å². The first-order valence-electron chi connectivity index (χ1n) is 5.93. The third kappa shape index (κ3) is 1.51. The molecule has 1 spiro atoms. The zero-order valence-electron chi connectivity index (χ0n) is 9.79. The predicted octanol–water partition coefficient (Wildman–Crippen LogP) is 2.38. The Morgan fingerprint density at radius 1 is 1.41 bits per heavy atom. The second-order valence-corrected chi connectivity index (χ2v) is 5.11. The second kappa shape index (κ2) is 3.45. The van der Waals surface area contributed by atoms with Crippen LogP contribution in [-0.4, -0.2) is 19.5 Å². The molecule has 0 atom stereocenters. The molecule has 1 aliphatic carbocycles. The largest absolute Gasteiger partial charge is 0.372 e. The molecule has 0 unspecified atom stereocenters. The van der Waals surface area contributed by atoms with Crippen molar-refractivity contribution in [1.29, 1.82) is 0 Å². The summed E-state index contributed by atoms with van der Waals surface area (Å²) in [5, 5.41) is 2.87. The van der Waals surface area contributed by atoms with Crippen LogP contribution < -0.4 is 10.2 Å². The average molecular weight is 234 g/mol. The summed E-state index contributed by atoms with van der Waals surface area (Å²) >= 11 is 0. The monoisotopic (exact) mass is 234 g/mol. The smallest absolute Gasteiger partial charge is 0.232 e. The number of fused-ring (bicyclic) bond motifs is 1. The summed E-state index contributed by atoms with van der Waals surface area (Å²) < 4.78 is 13.2. The lowest BCUT2D eigenvalue weighted by Gasteiger charge is -2.40. The van der Waals surface area contributed by atoms with Crippen LogP contribution in [0.1, 0.15) is 19.3 Å². The Bertz CT molecular complexity index is 482. The number of benzene rings is 1. The molecule has 3 nitrogen and oxygen atoms in total. The normalized spacial score (nSPS) is 21.5. The zero-order valence-corrected chi connectivity index (χ0v) is 9.79. The van der Waals surface area contributed by atoms with Crippen molar-refractivity contribution in [2.75, 3.05) is 23.8 Å².